The minimum absolute atomic E-state index is 0.0373. The Labute approximate surface area is 126 Å². The minimum Gasteiger partial charge on any atom is -0.292 e. The first-order valence-electron chi connectivity index (χ1n) is 7.03. The number of rotatable bonds is 4. The standard InChI is InChI=1S/C13H23N5O2S/c1-13(2)6-4-10(5-7-13)18(3)21(19,20)11-8-15-12(17-14)16-9-11/h8-10H,4-7,14H2,1-3H3,(H,15,16,17). The number of nitrogen functional groups attached to an aromatic ring is 1. The Hall–Kier alpha value is -1.25. The molecule has 0 saturated heterocycles. The van der Waals surface area contributed by atoms with Crippen LogP contribution < -0.4 is 11.3 Å². The number of aromatic nitrogens is 2. The molecule has 0 bridgehead atoms. The normalized spacial score (nSPS) is 19.7. The monoisotopic (exact) mass is 313 g/mol. The quantitative estimate of drug-likeness (QED) is 0.643. The van der Waals surface area contributed by atoms with Gasteiger partial charge in [0, 0.05) is 13.1 Å². The van der Waals surface area contributed by atoms with Gasteiger partial charge in [0.05, 0.1) is 12.4 Å². The van der Waals surface area contributed by atoms with Crippen LogP contribution in [0.25, 0.3) is 0 Å². The van der Waals surface area contributed by atoms with E-state index in [0.717, 1.165) is 25.7 Å². The second kappa shape index (κ2) is 5.86. The van der Waals surface area contributed by atoms with Crippen molar-refractivity contribution in [2.45, 2.75) is 50.5 Å². The summed E-state index contributed by atoms with van der Waals surface area (Å²) >= 11 is 0. The second-order valence-corrected chi connectivity index (χ2v) is 8.30. The SMILES string of the molecule is CN(C1CCC(C)(C)CC1)S(=O)(=O)c1cnc(NN)nc1. The molecule has 3 N–H and O–H groups in total. The van der Waals surface area contributed by atoms with Crippen LogP contribution in [0.4, 0.5) is 5.95 Å². The van der Waals surface area contributed by atoms with E-state index in [0.29, 0.717) is 5.41 Å². The lowest BCUT2D eigenvalue weighted by molar-refractivity contribution is 0.174. The van der Waals surface area contributed by atoms with Gasteiger partial charge in [-0.25, -0.2) is 24.2 Å². The first-order chi connectivity index (χ1) is 9.76. The maximum Gasteiger partial charge on any atom is 0.246 e. The molecule has 0 atom stereocenters. The number of hydrazine groups is 1. The molecular weight excluding hydrogens is 290 g/mol. The van der Waals surface area contributed by atoms with E-state index >= 15 is 0 Å². The van der Waals surface area contributed by atoms with E-state index in [1.807, 2.05) is 0 Å². The summed E-state index contributed by atoms with van der Waals surface area (Å²) in [6, 6.07) is 0.0373. The molecule has 1 aliphatic rings. The molecule has 1 aromatic rings. The summed E-state index contributed by atoms with van der Waals surface area (Å²) < 4.78 is 26.6. The minimum atomic E-state index is -3.56. The van der Waals surface area contributed by atoms with Crippen molar-refractivity contribution in [2.24, 2.45) is 11.3 Å². The highest BCUT2D eigenvalue weighted by atomic mass is 32.2. The highest BCUT2D eigenvalue weighted by Crippen LogP contribution is 2.37. The number of hydrogen-bond acceptors (Lipinski definition) is 6. The van der Waals surface area contributed by atoms with Crippen molar-refractivity contribution in [3.8, 4) is 0 Å². The molecule has 0 amide bonds. The van der Waals surface area contributed by atoms with Crippen molar-refractivity contribution in [3.63, 3.8) is 0 Å². The molecule has 7 nitrogen and oxygen atoms in total. The molecule has 118 valence electrons. The fourth-order valence-corrected chi connectivity index (χ4v) is 3.94. The molecule has 1 aromatic heterocycles. The van der Waals surface area contributed by atoms with E-state index in [1.165, 1.54) is 16.7 Å². The van der Waals surface area contributed by atoms with Crippen molar-refractivity contribution in [1.29, 1.82) is 0 Å². The average Bonchev–Trinajstić information content (AvgIpc) is 2.46. The largest absolute Gasteiger partial charge is 0.292 e. The molecule has 0 aliphatic heterocycles. The van der Waals surface area contributed by atoms with Gasteiger partial charge in [0.2, 0.25) is 16.0 Å². The van der Waals surface area contributed by atoms with E-state index < -0.39 is 10.0 Å². The molecule has 0 spiro atoms. The van der Waals surface area contributed by atoms with E-state index in [-0.39, 0.29) is 16.9 Å². The van der Waals surface area contributed by atoms with Gasteiger partial charge in [-0.2, -0.15) is 4.31 Å². The zero-order valence-corrected chi connectivity index (χ0v) is 13.5. The number of anilines is 1. The third-order valence-corrected chi connectivity index (χ3v) is 6.12. The van der Waals surface area contributed by atoms with Crippen LogP contribution in [0.1, 0.15) is 39.5 Å². The van der Waals surface area contributed by atoms with Crippen LogP contribution in [0.15, 0.2) is 17.3 Å². The summed E-state index contributed by atoms with van der Waals surface area (Å²) in [6.45, 7) is 4.45. The van der Waals surface area contributed by atoms with Crippen molar-refractivity contribution in [2.75, 3.05) is 12.5 Å². The van der Waals surface area contributed by atoms with Gasteiger partial charge in [-0.15, -0.1) is 0 Å². The average molecular weight is 313 g/mol. The second-order valence-electron chi connectivity index (χ2n) is 6.30. The Morgan fingerprint density at radius 1 is 1.29 bits per heavy atom. The fourth-order valence-electron chi connectivity index (χ4n) is 2.63. The predicted octanol–water partition coefficient (Wildman–Crippen LogP) is 1.35. The van der Waals surface area contributed by atoms with Gasteiger partial charge in [0.15, 0.2) is 0 Å². The highest BCUT2D eigenvalue weighted by Gasteiger charge is 2.34. The molecule has 21 heavy (non-hydrogen) atoms. The Bertz CT molecular complexity index is 575. The van der Waals surface area contributed by atoms with Crippen LogP contribution in [0.2, 0.25) is 0 Å². The van der Waals surface area contributed by atoms with Crippen molar-refractivity contribution in [1.82, 2.24) is 14.3 Å². The summed E-state index contributed by atoms with van der Waals surface area (Å²) in [4.78, 5) is 7.81. The molecular formula is C13H23N5O2S. The van der Waals surface area contributed by atoms with Gasteiger partial charge in [-0.1, -0.05) is 13.8 Å². The maximum atomic E-state index is 12.6. The molecule has 0 radical (unpaired) electrons. The lowest BCUT2D eigenvalue weighted by atomic mass is 9.76. The van der Waals surface area contributed by atoms with Gasteiger partial charge >= 0.3 is 0 Å². The molecule has 0 unspecified atom stereocenters. The fraction of sp³-hybridized carbons (Fsp3) is 0.692. The molecule has 1 heterocycles. The first kappa shape index (κ1) is 16.1. The molecule has 2 rings (SSSR count). The van der Waals surface area contributed by atoms with Gasteiger partial charge < -0.3 is 0 Å². The Morgan fingerprint density at radius 3 is 2.29 bits per heavy atom. The number of hydrogen-bond donors (Lipinski definition) is 2. The Kier molecular flexibility index (Phi) is 4.50. The number of sulfonamides is 1. The topological polar surface area (TPSA) is 101 Å². The van der Waals surface area contributed by atoms with E-state index in [4.69, 9.17) is 5.84 Å². The van der Waals surface area contributed by atoms with Gasteiger partial charge in [0.25, 0.3) is 0 Å². The van der Waals surface area contributed by atoms with E-state index in [9.17, 15) is 8.42 Å². The van der Waals surface area contributed by atoms with Crippen LogP contribution in [0, 0.1) is 5.41 Å². The third kappa shape index (κ3) is 3.50. The number of nitrogens with two attached hydrogens (primary N) is 1. The Balaban J connectivity index is 2.15. The van der Waals surface area contributed by atoms with Crippen LogP contribution in [0.3, 0.4) is 0 Å². The highest BCUT2D eigenvalue weighted by molar-refractivity contribution is 7.89. The summed E-state index contributed by atoms with van der Waals surface area (Å²) in [7, 11) is -1.93. The molecule has 1 aliphatic carbocycles. The zero-order chi connectivity index (χ0) is 15.7. The van der Waals surface area contributed by atoms with Gasteiger partial charge in [0.1, 0.15) is 4.90 Å². The van der Waals surface area contributed by atoms with Crippen LogP contribution in [-0.2, 0) is 10.0 Å². The van der Waals surface area contributed by atoms with Crippen LogP contribution in [-0.4, -0.2) is 35.8 Å². The predicted molar refractivity (Wildman–Crippen MR) is 80.8 cm³/mol. The van der Waals surface area contributed by atoms with Gasteiger partial charge in [-0.3, -0.25) is 5.43 Å². The molecule has 1 saturated carbocycles. The summed E-state index contributed by atoms with van der Waals surface area (Å²) in [5, 5.41) is 0. The summed E-state index contributed by atoms with van der Waals surface area (Å²) in [6.07, 6.45) is 6.38. The summed E-state index contributed by atoms with van der Waals surface area (Å²) in [5.41, 5.74) is 2.58. The number of nitrogens with zero attached hydrogens (tertiary/aromatic N) is 3. The number of nitrogens with one attached hydrogen (secondary N) is 1. The van der Waals surface area contributed by atoms with Crippen LogP contribution in [0.5, 0.6) is 0 Å². The maximum absolute atomic E-state index is 12.6. The summed E-state index contributed by atoms with van der Waals surface area (Å²) in [5.74, 6) is 5.37. The molecule has 1 fully saturated rings. The van der Waals surface area contributed by atoms with E-state index in [1.54, 1.807) is 7.05 Å². The smallest absolute Gasteiger partial charge is 0.246 e. The molecule has 8 heteroatoms. The Morgan fingerprint density at radius 2 is 1.81 bits per heavy atom. The van der Waals surface area contributed by atoms with Crippen molar-refractivity contribution in [3.05, 3.63) is 12.4 Å². The zero-order valence-electron chi connectivity index (χ0n) is 12.7. The lowest BCUT2D eigenvalue weighted by Crippen LogP contribution is -2.40. The van der Waals surface area contributed by atoms with Gasteiger partial charge in [-0.05, 0) is 31.1 Å². The third-order valence-electron chi connectivity index (χ3n) is 4.26. The van der Waals surface area contributed by atoms with Crippen molar-refractivity contribution < 1.29 is 8.42 Å². The first-order valence-corrected chi connectivity index (χ1v) is 8.47. The van der Waals surface area contributed by atoms with Crippen molar-refractivity contribution >= 4 is 16.0 Å². The lowest BCUT2D eigenvalue weighted by Gasteiger charge is -2.37. The van der Waals surface area contributed by atoms with E-state index in [2.05, 4.69) is 29.2 Å². The van der Waals surface area contributed by atoms with Crippen LogP contribution >= 0.6 is 0 Å². The molecule has 0 aromatic carbocycles.